The fourth-order valence-corrected chi connectivity index (χ4v) is 2.05. The molecule has 0 saturated heterocycles. The first-order chi connectivity index (χ1) is 10.0. The summed E-state index contributed by atoms with van der Waals surface area (Å²) in [6, 6.07) is 6.76. The van der Waals surface area contributed by atoms with Gasteiger partial charge in [0, 0.05) is 23.9 Å². The highest BCUT2D eigenvalue weighted by Crippen LogP contribution is 2.31. The molecule has 0 atom stereocenters. The van der Waals surface area contributed by atoms with Gasteiger partial charge in [0.15, 0.2) is 11.4 Å². The second-order valence-electron chi connectivity index (χ2n) is 4.13. The molecule has 1 aromatic carbocycles. The Morgan fingerprint density at radius 2 is 1.76 bits per heavy atom. The van der Waals surface area contributed by atoms with Gasteiger partial charge in [-0.15, -0.1) is 0 Å². The normalized spacial score (nSPS) is 10.3. The molecule has 0 radical (unpaired) electrons. The van der Waals surface area contributed by atoms with Crippen LogP contribution in [0.3, 0.4) is 0 Å². The maximum atomic E-state index is 11.9. The van der Waals surface area contributed by atoms with Gasteiger partial charge in [0.25, 0.3) is 5.91 Å². The van der Waals surface area contributed by atoms with Gasteiger partial charge in [0.1, 0.15) is 5.15 Å². The molecule has 110 valence electrons. The smallest absolute Gasteiger partial charge is 0.404 e. The van der Waals surface area contributed by atoms with Crippen molar-refractivity contribution in [3.8, 4) is 5.75 Å². The number of aromatic nitrogens is 1. The zero-order chi connectivity index (χ0) is 15.4. The van der Waals surface area contributed by atoms with E-state index in [0.717, 1.165) is 0 Å². The molecule has 0 aliphatic heterocycles. The standard InChI is InChI=1S/C13H12ClN3O4/c14-11-8-4-2-1-3-7(8)10(18)9(17-11)12(19)15-5-6-16-13(20)21/h1-4,16,18H,5-6H2,(H,15,19)(H,20,21). The summed E-state index contributed by atoms with van der Waals surface area (Å²) in [4.78, 5) is 26.1. The van der Waals surface area contributed by atoms with Crippen molar-refractivity contribution in [2.75, 3.05) is 13.1 Å². The Hall–Kier alpha value is -2.54. The lowest BCUT2D eigenvalue weighted by Crippen LogP contribution is -2.34. The van der Waals surface area contributed by atoms with Crippen molar-refractivity contribution in [1.29, 1.82) is 0 Å². The summed E-state index contributed by atoms with van der Waals surface area (Å²) in [6.45, 7) is 0.111. The number of carbonyl (C=O) groups is 2. The zero-order valence-corrected chi connectivity index (χ0v) is 11.5. The number of hydrogen-bond acceptors (Lipinski definition) is 4. The molecule has 0 fully saturated rings. The molecule has 7 nitrogen and oxygen atoms in total. The van der Waals surface area contributed by atoms with Crippen molar-refractivity contribution in [1.82, 2.24) is 15.6 Å². The summed E-state index contributed by atoms with van der Waals surface area (Å²) in [7, 11) is 0. The predicted molar refractivity (Wildman–Crippen MR) is 76.8 cm³/mol. The SMILES string of the molecule is O=C(O)NCCNC(=O)c1nc(Cl)c2ccccc2c1O. The molecule has 0 aliphatic carbocycles. The van der Waals surface area contributed by atoms with Crippen LogP contribution in [0.5, 0.6) is 5.75 Å². The van der Waals surface area contributed by atoms with Gasteiger partial charge in [-0.05, 0) is 0 Å². The average Bonchev–Trinajstić information content (AvgIpc) is 2.47. The summed E-state index contributed by atoms with van der Waals surface area (Å²) in [6.07, 6.45) is -1.18. The van der Waals surface area contributed by atoms with Crippen LogP contribution in [-0.4, -0.2) is 40.3 Å². The number of rotatable bonds is 4. The number of nitrogens with zero attached hydrogens (tertiary/aromatic N) is 1. The molecule has 0 saturated carbocycles. The minimum atomic E-state index is -1.18. The van der Waals surface area contributed by atoms with E-state index in [2.05, 4.69) is 15.6 Å². The Labute approximate surface area is 124 Å². The third-order valence-corrected chi connectivity index (χ3v) is 3.03. The molecule has 4 N–H and O–H groups in total. The number of halogens is 1. The van der Waals surface area contributed by atoms with E-state index in [1.165, 1.54) is 0 Å². The lowest BCUT2D eigenvalue weighted by atomic mass is 10.1. The molecule has 0 bridgehead atoms. The minimum Gasteiger partial charge on any atom is -0.505 e. The molecular formula is C13H12ClN3O4. The molecule has 2 amide bonds. The summed E-state index contributed by atoms with van der Waals surface area (Å²) in [5.41, 5.74) is -0.200. The summed E-state index contributed by atoms with van der Waals surface area (Å²) in [5, 5.41) is 24.1. The number of hydrogen-bond donors (Lipinski definition) is 4. The fraction of sp³-hybridized carbons (Fsp3) is 0.154. The second-order valence-corrected chi connectivity index (χ2v) is 4.49. The van der Waals surface area contributed by atoms with Crippen molar-refractivity contribution in [2.24, 2.45) is 0 Å². The number of benzene rings is 1. The van der Waals surface area contributed by atoms with Crippen LogP contribution >= 0.6 is 11.6 Å². The van der Waals surface area contributed by atoms with E-state index in [1.54, 1.807) is 24.3 Å². The third-order valence-electron chi connectivity index (χ3n) is 2.74. The van der Waals surface area contributed by atoms with Crippen molar-refractivity contribution in [3.05, 3.63) is 35.1 Å². The summed E-state index contributed by atoms with van der Waals surface area (Å²) < 4.78 is 0. The van der Waals surface area contributed by atoms with Crippen LogP contribution in [0.4, 0.5) is 4.79 Å². The molecule has 21 heavy (non-hydrogen) atoms. The first kappa shape index (κ1) is 14.9. The lowest BCUT2D eigenvalue weighted by Gasteiger charge is -2.09. The summed E-state index contributed by atoms with van der Waals surface area (Å²) in [5.74, 6) is -0.897. The van der Waals surface area contributed by atoms with Crippen LogP contribution in [0.25, 0.3) is 10.8 Å². The van der Waals surface area contributed by atoms with E-state index in [1.807, 2.05) is 0 Å². The van der Waals surface area contributed by atoms with Gasteiger partial charge in [-0.1, -0.05) is 35.9 Å². The average molecular weight is 310 g/mol. The molecular weight excluding hydrogens is 298 g/mol. The second kappa shape index (κ2) is 6.27. The van der Waals surface area contributed by atoms with Gasteiger partial charge in [0.2, 0.25) is 0 Å². The molecule has 2 rings (SSSR count). The van der Waals surface area contributed by atoms with Gasteiger partial charge in [0.05, 0.1) is 0 Å². The number of nitrogens with one attached hydrogen (secondary N) is 2. The molecule has 0 spiro atoms. The first-order valence-corrected chi connectivity index (χ1v) is 6.40. The predicted octanol–water partition coefficient (Wildman–Crippen LogP) is 1.59. The maximum Gasteiger partial charge on any atom is 0.404 e. The van der Waals surface area contributed by atoms with Crippen LogP contribution in [0.1, 0.15) is 10.5 Å². The first-order valence-electron chi connectivity index (χ1n) is 6.03. The summed E-state index contributed by atoms with van der Waals surface area (Å²) >= 11 is 5.99. The van der Waals surface area contributed by atoms with Gasteiger partial charge in [-0.2, -0.15) is 0 Å². The molecule has 1 aromatic heterocycles. The quantitative estimate of drug-likeness (QED) is 0.506. The Kier molecular flexibility index (Phi) is 4.44. The Bertz CT molecular complexity index is 705. The highest BCUT2D eigenvalue weighted by Gasteiger charge is 2.17. The van der Waals surface area contributed by atoms with E-state index in [4.69, 9.17) is 16.7 Å². The molecule has 1 heterocycles. The highest BCUT2D eigenvalue weighted by molar-refractivity contribution is 6.34. The number of carbonyl (C=O) groups excluding carboxylic acids is 1. The van der Waals surface area contributed by atoms with Crippen molar-refractivity contribution >= 4 is 34.4 Å². The number of carboxylic acid groups (broad SMARTS) is 1. The van der Waals surface area contributed by atoms with Crippen LogP contribution in [0, 0.1) is 0 Å². The fourth-order valence-electron chi connectivity index (χ4n) is 1.80. The van der Waals surface area contributed by atoms with Gasteiger partial charge >= 0.3 is 6.09 Å². The maximum absolute atomic E-state index is 11.9. The van der Waals surface area contributed by atoms with E-state index < -0.39 is 12.0 Å². The molecule has 2 aromatic rings. The Morgan fingerprint density at radius 1 is 1.14 bits per heavy atom. The van der Waals surface area contributed by atoms with Crippen molar-refractivity contribution in [3.63, 3.8) is 0 Å². The molecule has 0 unspecified atom stereocenters. The van der Waals surface area contributed by atoms with Crippen LogP contribution < -0.4 is 10.6 Å². The number of pyridine rings is 1. The number of fused-ring (bicyclic) bond motifs is 1. The van der Waals surface area contributed by atoms with E-state index in [9.17, 15) is 14.7 Å². The van der Waals surface area contributed by atoms with E-state index >= 15 is 0 Å². The molecule has 8 heteroatoms. The monoisotopic (exact) mass is 309 g/mol. The Morgan fingerprint density at radius 3 is 2.43 bits per heavy atom. The zero-order valence-electron chi connectivity index (χ0n) is 10.8. The van der Waals surface area contributed by atoms with Crippen LogP contribution in [0.2, 0.25) is 5.15 Å². The minimum absolute atomic E-state index is 0.0448. The van der Waals surface area contributed by atoms with Crippen molar-refractivity contribution < 1.29 is 19.8 Å². The van der Waals surface area contributed by atoms with E-state index in [0.29, 0.717) is 10.8 Å². The van der Waals surface area contributed by atoms with Gasteiger partial charge in [-0.25, -0.2) is 9.78 Å². The van der Waals surface area contributed by atoms with Gasteiger partial charge < -0.3 is 20.8 Å². The van der Waals surface area contributed by atoms with Crippen LogP contribution in [0.15, 0.2) is 24.3 Å². The highest BCUT2D eigenvalue weighted by atomic mass is 35.5. The Balaban J connectivity index is 2.20. The third kappa shape index (κ3) is 3.32. The number of amides is 2. The van der Waals surface area contributed by atoms with Gasteiger partial charge in [-0.3, -0.25) is 4.79 Å². The van der Waals surface area contributed by atoms with Crippen LogP contribution in [-0.2, 0) is 0 Å². The number of aromatic hydroxyl groups is 1. The topological polar surface area (TPSA) is 112 Å². The largest absolute Gasteiger partial charge is 0.505 e. The molecule has 0 aliphatic rings. The van der Waals surface area contributed by atoms with E-state index in [-0.39, 0.29) is 29.7 Å². The lowest BCUT2D eigenvalue weighted by molar-refractivity contribution is 0.0945. The van der Waals surface area contributed by atoms with Crippen molar-refractivity contribution in [2.45, 2.75) is 0 Å².